The Hall–Kier alpha value is -1.20. The van der Waals surface area contributed by atoms with Crippen molar-refractivity contribution in [3.63, 3.8) is 0 Å². The van der Waals surface area contributed by atoms with E-state index in [1.165, 1.54) is 7.05 Å². The summed E-state index contributed by atoms with van der Waals surface area (Å²) < 4.78 is 35.9. The molecule has 76 valence electrons. The SMILES string of the molecule is C=C(N(C)CCNC=O)C(F)(F)F. The molecule has 3 nitrogen and oxygen atoms in total. The molecule has 0 saturated heterocycles. The third-order valence-electron chi connectivity index (χ3n) is 1.46. The number of carbonyl (C=O) groups excluding carboxylic acids is 1. The maximum atomic E-state index is 12.0. The molecule has 0 fully saturated rings. The highest BCUT2D eigenvalue weighted by Crippen LogP contribution is 2.25. The van der Waals surface area contributed by atoms with Crippen LogP contribution in [0, 0.1) is 0 Å². The van der Waals surface area contributed by atoms with Crippen LogP contribution >= 0.6 is 0 Å². The molecule has 0 aromatic rings. The molecule has 0 aliphatic rings. The second kappa shape index (κ2) is 4.74. The van der Waals surface area contributed by atoms with Crippen LogP contribution in [0.2, 0.25) is 0 Å². The van der Waals surface area contributed by atoms with Gasteiger partial charge in [-0.05, 0) is 0 Å². The Bertz CT molecular complexity index is 191. The van der Waals surface area contributed by atoms with Gasteiger partial charge in [0.2, 0.25) is 6.41 Å². The zero-order valence-corrected chi connectivity index (χ0v) is 7.19. The molecule has 1 N–H and O–H groups in total. The third kappa shape index (κ3) is 4.39. The van der Waals surface area contributed by atoms with Crippen molar-refractivity contribution >= 4 is 6.41 Å². The first-order valence-electron chi connectivity index (χ1n) is 3.54. The number of amides is 1. The quantitative estimate of drug-likeness (QED) is 0.519. The normalized spacial score (nSPS) is 10.8. The van der Waals surface area contributed by atoms with E-state index in [0.29, 0.717) is 6.41 Å². The summed E-state index contributed by atoms with van der Waals surface area (Å²) in [6.07, 6.45) is -3.97. The number of rotatable bonds is 5. The lowest BCUT2D eigenvalue weighted by Crippen LogP contribution is -2.33. The van der Waals surface area contributed by atoms with Crippen LogP contribution in [0.25, 0.3) is 0 Å². The van der Waals surface area contributed by atoms with E-state index in [2.05, 4.69) is 11.9 Å². The maximum absolute atomic E-state index is 12.0. The molecule has 0 rings (SSSR count). The van der Waals surface area contributed by atoms with Crippen molar-refractivity contribution < 1.29 is 18.0 Å². The van der Waals surface area contributed by atoms with Gasteiger partial charge in [-0.2, -0.15) is 13.2 Å². The van der Waals surface area contributed by atoms with Crippen molar-refractivity contribution in [2.24, 2.45) is 0 Å². The van der Waals surface area contributed by atoms with Crippen LogP contribution in [0.5, 0.6) is 0 Å². The summed E-state index contributed by atoms with van der Waals surface area (Å²) in [6, 6.07) is 0. The Morgan fingerprint density at radius 1 is 1.62 bits per heavy atom. The minimum Gasteiger partial charge on any atom is -0.369 e. The second-order valence-electron chi connectivity index (χ2n) is 2.44. The first kappa shape index (κ1) is 11.8. The number of halogens is 3. The lowest BCUT2D eigenvalue weighted by atomic mass is 10.4. The number of nitrogens with one attached hydrogen (secondary N) is 1. The van der Waals surface area contributed by atoms with Crippen molar-refractivity contribution in [2.45, 2.75) is 6.18 Å². The molecule has 0 atom stereocenters. The van der Waals surface area contributed by atoms with Crippen LogP contribution in [0.3, 0.4) is 0 Å². The Kier molecular flexibility index (Phi) is 4.30. The van der Waals surface area contributed by atoms with E-state index in [1.807, 2.05) is 0 Å². The molecule has 0 radical (unpaired) electrons. The van der Waals surface area contributed by atoms with E-state index in [1.54, 1.807) is 0 Å². The molecule has 13 heavy (non-hydrogen) atoms. The fourth-order valence-electron chi connectivity index (χ4n) is 0.643. The van der Waals surface area contributed by atoms with Gasteiger partial charge in [0.05, 0.1) is 0 Å². The van der Waals surface area contributed by atoms with Gasteiger partial charge in [-0.15, -0.1) is 0 Å². The van der Waals surface area contributed by atoms with E-state index in [0.717, 1.165) is 4.90 Å². The minimum atomic E-state index is -4.41. The van der Waals surface area contributed by atoms with Gasteiger partial charge in [0.1, 0.15) is 5.70 Å². The lowest BCUT2D eigenvalue weighted by molar-refractivity contribution is -0.110. The summed E-state index contributed by atoms with van der Waals surface area (Å²) >= 11 is 0. The highest BCUT2D eigenvalue weighted by molar-refractivity contribution is 5.45. The highest BCUT2D eigenvalue weighted by Gasteiger charge is 2.34. The number of allylic oxidation sites excluding steroid dienone is 1. The van der Waals surface area contributed by atoms with Crippen LogP contribution in [-0.2, 0) is 4.79 Å². The Balaban J connectivity index is 3.90. The summed E-state index contributed by atoms with van der Waals surface area (Å²) in [6.45, 7) is 3.13. The molecule has 0 spiro atoms. The van der Waals surface area contributed by atoms with Crippen molar-refractivity contribution in [3.05, 3.63) is 12.3 Å². The van der Waals surface area contributed by atoms with Crippen LogP contribution < -0.4 is 5.32 Å². The van der Waals surface area contributed by atoms with Gasteiger partial charge >= 0.3 is 6.18 Å². The molecule has 0 unspecified atom stereocenters. The summed E-state index contributed by atoms with van der Waals surface area (Å²) in [7, 11) is 1.27. The Morgan fingerprint density at radius 3 is 2.54 bits per heavy atom. The van der Waals surface area contributed by atoms with E-state index >= 15 is 0 Å². The molecule has 0 aromatic heterocycles. The molecule has 0 aliphatic carbocycles. The summed E-state index contributed by atoms with van der Waals surface area (Å²) in [5.41, 5.74) is -0.916. The van der Waals surface area contributed by atoms with E-state index < -0.39 is 11.9 Å². The Labute approximate surface area is 74.2 Å². The third-order valence-corrected chi connectivity index (χ3v) is 1.46. The molecule has 0 bridgehead atoms. The Morgan fingerprint density at radius 2 is 2.15 bits per heavy atom. The second-order valence-corrected chi connectivity index (χ2v) is 2.44. The zero-order valence-electron chi connectivity index (χ0n) is 7.19. The monoisotopic (exact) mass is 196 g/mol. The fraction of sp³-hybridized carbons (Fsp3) is 0.571. The van der Waals surface area contributed by atoms with Crippen LogP contribution in [0.1, 0.15) is 0 Å². The minimum absolute atomic E-state index is 0.0804. The van der Waals surface area contributed by atoms with Crippen LogP contribution in [0.4, 0.5) is 13.2 Å². The zero-order chi connectivity index (χ0) is 10.5. The van der Waals surface area contributed by atoms with E-state index in [4.69, 9.17) is 0 Å². The largest absolute Gasteiger partial charge is 0.430 e. The smallest absolute Gasteiger partial charge is 0.369 e. The molecule has 0 aromatic carbocycles. The molecule has 0 aliphatic heterocycles. The average molecular weight is 196 g/mol. The highest BCUT2D eigenvalue weighted by atomic mass is 19.4. The van der Waals surface area contributed by atoms with Gasteiger partial charge in [0.25, 0.3) is 0 Å². The van der Waals surface area contributed by atoms with Crippen molar-refractivity contribution in [1.82, 2.24) is 10.2 Å². The summed E-state index contributed by atoms with van der Waals surface area (Å²) in [4.78, 5) is 10.7. The number of nitrogens with zero attached hydrogens (tertiary/aromatic N) is 1. The predicted octanol–water partition coefficient (Wildman–Crippen LogP) is 0.740. The van der Waals surface area contributed by atoms with Gasteiger partial charge in [-0.1, -0.05) is 6.58 Å². The topological polar surface area (TPSA) is 32.3 Å². The van der Waals surface area contributed by atoms with Crippen molar-refractivity contribution in [1.29, 1.82) is 0 Å². The maximum Gasteiger partial charge on any atom is 0.430 e. The van der Waals surface area contributed by atoms with Gasteiger partial charge in [-0.25, -0.2) is 0 Å². The van der Waals surface area contributed by atoms with Gasteiger partial charge in [0.15, 0.2) is 0 Å². The summed E-state index contributed by atoms with van der Waals surface area (Å²) in [5, 5.41) is 2.25. The van der Waals surface area contributed by atoms with Gasteiger partial charge < -0.3 is 10.2 Å². The number of hydrogen-bond donors (Lipinski definition) is 1. The molecular weight excluding hydrogens is 185 g/mol. The number of alkyl halides is 3. The average Bonchev–Trinajstić information content (AvgIpc) is 2.01. The van der Waals surface area contributed by atoms with Crippen molar-refractivity contribution in [3.8, 4) is 0 Å². The van der Waals surface area contributed by atoms with Crippen LogP contribution in [-0.4, -0.2) is 37.6 Å². The fourth-order valence-corrected chi connectivity index (χ4v) is 0.643. The van der Waals surface area contributed by atoms with E-state index in [-0.39, 0.29) is 13.1 Å². The molecule has 1 amide bonds. The molecular formula is C7H11F3N2O. The van der Waals surface area contributed by atoms with Gasteiger partial charge in [0, 0.05) is 20.1 Å². The predicted molar refractivity (Wildman–Crippen MR) is 41.9 cm³/mol. The lowest BCUT2D eigenvalue weighted by Gasteiger charge is -2.22. The molecule has 0 saturated carbocycles. The number of hydrogen-bond acceptors (Lipinski definition) is 2. The first-order valence-corrected chi connectivity index (χ1v) is 3.54. The molecule has 0 heterocycles. The number of carbonyl (C=O) groups is 1. The number of likely N-dealkylation sites (N-methyl/N-ethyl adjacent to an activating group) is 1. The first-order chi connectivity index (χ1) is 5.89. The van der Waals surface area contributed by atoms with E-state index in [9.17, 15) is 18.0 Å². The van der Waals surface area contributed by atoms with Crippen molar-refractivity contribution in [2.75, 3.05) is 20.1 Å². The molecule has 6 heteroatoms. The van der Waals surface area contributed by atoms with Gasteiger partial charge in [-0.3, -0.25) is 4.79 Å². The summed E-state index contributed by atoms with van der Waals surface area (Å²) in [5.74, 6) is 0. The van der Waals surface area contributed by atoms with Crippen LogP contribution in [0.15, 0.2) is 12.3 Å². The standard InChI is InChI=1S/C7H11F3N2O/c1-6(7(8,9)10)12(2)4-3-11-5-13/h5H,1,3-4H2,2H3,(H,11,13).